The van der Waals surface area contributed by atoms with Crippen molar-refractivity contribution in [3.63, 3.8) is 0 Å². The van der Waals surface area contributed by atoms with E-state index < -0.39 is 14.5 Å². The van der Waals surface area contributed by atoms with Crippen LogP contribution in [0.25, 0.3) is 0 Å². The van der Waals surface area contributed by atoms with E-state index in [0.29, 0.717) is 17.9 Å². The number of hydrogen-bond donors (Lipinski definition) is 1. The van der Waals surface area contributed by atoms with Crippen molar-refractivity contribution in [2.24, 2.45) is 16.7 Å². The van der Waals surface area contributed by atoms with Crippen molar-refractivity contribution in [2.75, 3.05) is 5.32 Å². The summed E-state index contributed by atoms with van der Waals surface area (Å²) in [6.45, 7) is 24.2. The Labute approximate surface area is 193 Å². The zero-order valence-corrected chi connectivity index (χ0v) is 23.1. The van der Waals surface area contributed by atoms with E-state index in [-0.39, 0.29) is 16.7 Å². The third-order valence-electron chi connectivity index (χ3n) is 6.59. The average Bonchev–Trinajstić information content (AvgIpc) is 2.58. The van der Waals surface area contributed by atoms with Gasteiger partial charge in [0, 0.05) is 17.2 Å². The van der Waals surface area contributed by atoms with Crippen LogP contribution >= 0.6 is 0 Å². The van der Waals surface area contributed by atoms with Crippen molar-refractivity contribution in [3.05, 3.63) is 29.3 Å². The van der Waals surface area contributed by atoms with E-state index in [9.17, 15) is 4.79 Å². The minimum absolute atomic E-state index is 0.0319. The molecule has 1 aliphatic carbocycles. The third kappa shape index (κ3) is 6.92. The van der Waals surface area contributed by atoms with Crippen LogP contribution in [-0.2, 0) is 14.6 Å². The molecule has 1 fully saturated rings. The number of carbonyl (C=O) groups excluding carboxylic acids is 1. The Balaban J connectivity index is 2.44. The van der Waals surface area contributed by atoms with Gasteiger partial charge in [-0.15, -0.1) is 0 Å². The molecule has 2 rings (SSSR count). The molecule has 1 aromatic carbocycles. The minimum atomic E-state index is -1.03. The second-order valence-corrected chi connectivity index (χ2v) is 15.3. The standard InChI is InChI=1S/C27H47NO2Si/c1-25(2,3)21-15-12-18(16-23(21)28-24(29)27(7,8)9)20-14-13-19(30-31(10)11)17-22(20)26(4,5)6/h12,15-16,19-20,22,31H,13-14,17H2,1-11H3,(H,28,29). The van der Waals surface area contributed by atoms with Gasteiger partial charge in [-0.1, -0.05) is 74.4 Å². The van der Waals surface area contributed by atoms with Crippen LogP contribution in [0.15, 0.2) is 18.2 Å². The summed E-state index contributed by atoms with van der Waals surface area (Å²) in [4.78, 5) is 12.8. The molecule has 0 aromatic heterocycles. The highest BCUT2D eigenvalue weighted by molar-refractivity contribution is 6.48. The third-order valence-corrected chi connectivity index (χ3v) is 7.52. The summed E-state index contributed by atoms with van der Waals surface area (Å²) >= 11 is 0. The van der Waals surface area contributed by atoms with Gasteiger partial charge in [-0.2, -0.15) is 0 Å². The second-order valence-electron chi connectivity index (χ2n) is 13.0. The largest absolute Gasteiger partial charge is 0.418 e. The van der Waals surface area contributed by atoms with Gasteiger partial charge in [0.1, 0.15) is 0 Å². The Morgan fingerprint density at radius 3 is 2.10 bits per heavy atom. The second kappa shape index (κ2) is 9.39. The Kier molecular flexibility index (Phi) is 7.91. The lowest BCUT2D eigenvalue weighted by molar-refractivity contribution is -0.123. The number of benzene rings is 1. The fourth-order valence-electron chi connectivity index (χ4n) is 4.86. The Morgan fingerprint density at radius 1 is 1.00 bits per heavy atom. The number of anilines is 1. The molecule has 3 unspecified atom stereocenters. The smallest absolute Gasteiger partial charge is 0.229 e. The maximum Gasteiger partial charge on any atom is 0.229 e. The molecule has 0 saturated heterocycles. The van der Waals surface area contributed by atoms with Crippen LogP contribution in [0, 0.1) is 16.7 Å². The van der Waals surface area contributed by atoms with Crippen molar-refractivity contribution in [3.8, 4) is 0 Å². The molecule has 1 N–H and O–H groups in total. The maximum absolute atomic E-state index is 12.8. The number of rotatable bonds is 4. The Bertz CT molecular complexity index is 765. The van der Waals surface area contributed by atoms with E-state index >= 15 is 0 Å². The van der Waals surface area contributed by atoms with Crippen LogP contribution in [0.2, 0.25) is 13.1 Å². The van der Waals surface area contributed by atoms with Crippen LogP contribution in [0.5, 0.6) is 0 Å². The van der Waals surface area contributed by atoms with Gasteiger partial charge in [-0.3, -0.25) is 4.79 Å². The van der Waals surface area contributed by atoms with E-state index in [4.69, 9.17) is 4.43 Å². The van der Waals surface area contributed by atoms with Crippen LogP contribution < -0.4 is 5.32 Å². The van der Waals surface area contributed by atoms with E-state index in [1.54, 1.807) is 0 Å². The fraction of sp³-hybridized carbons (Fsp3) is 0.741. The van der Waals surface area contributed by atoms with Crippen molar-refractivity contribution in [1.82, 2.24) is 0 Å². The van der Waals surface area contributed by atoms with Crippen molar-refractivity contribution in [1.29, 1.82) is 0 Å². The first-order chi connectivity index (χ1) is 14.0. The molecular formula is C27H47NO2Si. The molecule has 1 amide bonds. The molecule has 1 aliphatic rings. The maximum atomic E-state index is 12.8. The first-order valence-corrected chi connectivity index (χ1v) is 14.9. The van der Waals surface area contributed by atoms with E-state index in [0.717, 1.165) is 24.9 Å². The monoisotopic (exact) mass is 445 g/mol. The molecule has 0 heterocycles. The molecule has 3 nitrogen and oxygen atoms in total. The van der Waals surface area contributed by atoms with E-state index in [1.807, 2.05) is 20.8 Å². The zero-order chi connectivity index (χ0) is 23.8. The van der Waals surface area contributed by atoms with Crippen molar-refractivity contribution < 1.29 is 9.22 Å². The SMILES string of the molecule is C[SiH](C)OC1CCC(c2ccc(C(C)(C)C)c(NC(=O)C(C)(C)C)c2)C(C(C)(C)C)C1. The summed E-state index contributed by atoms with van der Waals surface area (Å²) in [7, 11) is -1.03. The molecule has 0 spiro atoms. The molecular weight excluding hydrogens is 398 g/mol. The fourth-order valence-corrected chi connectivity index (χ4v) is 5.87. The van der Waals surface area contributed by atoms with Crippen molar-refractivity contribution >= 4 is 20.6 Å². The predicted molar refractivity (Wildman–Crippen MR) is 137 cm³/mol. The molecule has 4 heteroatoms. The first-order valence-electron chi connectivity index (χ1n) is 12.1. The van der Waals surface area contributed by atoms with Crippen LogP contribution in [0.1, 0.15) is 98.6 Å². The molecule has 0 bridgehead atoms. The molecule has 3 atom stereocenters. The van der Waals surface area contributed by atoms with Gasteiger partial charge in [0.2, 0.25) is 5.91 Å². The van der Waals surface area contributed by atoms with Crippen molar-refractivity contribution in [2.45, 2.75) is 112 Å². The van der Waals surface area contributed by atoms with Crippen LogP contribution in [0.3, 0.4) is 0 Å². The van der Waals surface area contributed by atoms with Gasteiger partial charge < -0.3 is 9.74 Å². The molecule has 1 saturated carbocycles. The molecule has 0 radical (unpaired) electrons. The first kappa shape index (κ1) is 26.1. The lowest BCUT2D eigenvalue weighted by Crippen LogP contribution is -2.37. The van der Waals surface area contributed by atoms with Gasteiger partial charge >= 0.3 is 0 Å². The molecule has 1 aromatic rings. The molecule has 176 valence electrons. The van der Waals surface area contributed by atoms with E-state index in [2.05, 4.69) is 78.2 Å². The zero-order valence-electron chi connectivity index (χ0n) is 22.0. The summed E-state index contributed by atoms with van der Waals surface area (Å²) in [5.74, 6) is 1.13. The Hall–Kier alpha value is -1.13. The number of nitrogens with one attached hydrogen (secondary N) is 1. The predicted octanol–water partition coefficient (Wildman–Crippen LogP) is 7.27. The van der Waals surface area contributed by atoms with Gasteiger partial charge in [0.05, 0.1) is 0 Å². The van der Waals surface area contributed by atoms with Crippen LogP contribution in [-0.4, -0.2) is 21.1 Å². The average molecular weight is 446 g/mol. The summed E-state index contributed by atoms with van der Waals surface area (Å²) in [6, 6.07) is 6.83. The minimum Gasteiger partial charge on any atom is -0.418 e. The summed E-state index contributed by atoms with van der Waals surface area (Å²) in [6.07, 6.45) is 3.81. The Morgan fingerprint density at radius 2 is 1.61 bits per heavy atom. The highest BCUT2D eigenvalue weighted by Crippen LogP contribution is 2.48. The number of carbonyl (C=O) groups is 1. The highest BCUT2D eigenvalue weighted by Gasteiger charge is 2.39. The van der Waals surface area contributed by atoms with Gasteiger partial charge in [0.25, 0.3) is 0 Å². The number of amides is 1. The molecule has 0 aliphatic heterocycles. The lowest BCUT2D eigenvalue weighted by Gasteiger charge is -2.44. The summed E-state index contributed by atoms with van der Waals surface area (Å²) in [5.41, 5.74) is 3.29. The number of hydrogen-bond acceptors (Lipinski definition) is 2. The highest BCUT2D eigenvalue weighted by atomic mass is 28.3. The van der Waals surface area contributed by atoms with Gasteiger partial charge in [-0.25, -0.2) is 0 Å². The molecule has 31 heavy (non-hydrogen) atoms. The summed E-state index contributed by atoms with van der Waals surface area (Å²) in [5, 5.41) is 3.27. The van der Waals surface area contributed by atoms with E-state index in [1.165, 1.54) is 11.1 Å². The normalized spacial score (nSPS) is 23.2. The quantitative estimate of drug-likeness (QED) is 0.495. The topological polar surface area (TPSA) is 38.3 Å². The summed E-state index contributed by atoms with van der Waals surface area (Å²) < 4.78 is 6.36. The van der Waals surface area contributed by atoms with Gasteiger partial charge in [0.15, 0.2) is 9.04 Å². The van der Waals surface area contributed by atoms with Crippen LogP contribution in [0.4, 0.5) is 5.69 Å². The lowest BCUT2D eigenvalue weighted by atomic mass is 9.63. The van der Waals surface area contributed by atoms with Gasteiger partial charge in [-0.05, 0) is 72.2 Å².